The first kappa shape index (κ1) is 16.2. The molecule has 0 aliphatic heterocycles. The summed E-state index contributed by atoms with van der Waals surface area (Å²) in [4.78, 5) is 12.6. The Bertz CT molecular complexity index is 398. The highest BCUT2D eigenvalue weighted by Crippen LogP contribution is 2.24. The van der Waals surface area contributed by atoms with Crippen molar-refractivity contribution in [3.05, 3.63) is 16.9 Å². The van der Waals surface area contributed by atoms with Gasteiger partial charge in [0.2, 0.25) is 0 Å². The van der Waals surface area contributed by atoms with Crippen LogP contribution < -0.4 is 0 Å². The van der Waals surface area contributed by atoms with E-state index in [4.69, 9.17) is 16.3 Å². The average Bonchev–Trinajstić information content (AvgIpc) is 2.76. The van der Waals surface area contributed by atoms with E-state index < -0.39 is 0 Å². The van der Waals surface area contributed by atoms with Gasteiger partial charge >= 0.3 is 0 Å². The van der Waals surface area contributed by atoms with E-state index in [1.165, 1.54) is 0 Å². The highest BCUT2D eigenvalue weighted by atomic mass is 35.5. The molecule has 4 nitrogen and oxygen atoms in total. The van der Waals surface area contributed by atoms with Crippen molar-refractivity contribution in [1.82, 2.24) is 9.78 Å². The van der Waals surface area contributed by atoms with E-state index in [0.29, 0.717) is 23.9 Å². The van der Waals surface area contributed by atoms with Crippen LogP contribution in [0.2, 0.25) is 5.02 Å². The Balaban J connectivity index is 2.92. The maximum Gasteiger partial charge on any atom is 0.185 e. The van der Waals surface area contributed by atoms with Crippen molar-refractivity contribution in [3.8, 4) is 0 Å². The van der Waals surface area contributed by atoms with Gasteiger partial charge in [-0.1, -0.05) is 38.3 Å². The maximum atomic E-state index is 12.6. The molecule has 19 heavy (non-hydrogen) atoms. The van der Waals surface area contributed by atoms with Crippen LogP contribution in [0.15, 0.2) is 6.20 Å². The van der Waals surface area contributed by atoms with E-state index in [2.05, 4.69) is 18.9 Å². The van der Waals surface area contributed by atoms with E-state index >= 15 is 0 Å². The fourth-order valence-electron chi connectivity index (χ4n) is 2.25. The number of carbonyl (C=O) groups is 1. The van der Waals surface area contributed by atoms with Crippen molar-refractivity contribution in [2.45, 2.75) is 46.1 Å². The lowest BCUT2D eigenvalue weighted by molar-refractivity contribution is 0.0890. The molecule has 0 aliphatic rings. The highest BCUT2D eigenvalue weighted by Gasteiger charge is 2.24. The van der Waals surface area contributed by atoms with Crippen molar-refractivity contribution in [3.63, 3.8) is 0 Å². The summed E-state index contributed by atoms with van der Waals surface area (Å²) in [6.07, 6.45) is 5.34. The third-order valence-electron chi connectivity index (χ3n) is 3.18. The zero-order valence-electron chi connectivity index (χ0n) is 12.0. The number of halogens is 1. The minimum Gasteiger partial charge on any atom is -0.383 e. The standard InChI is InChI=1S/C14H23ClN2O2/c1-4-6-11(7-5-2)14(18)13-12(15)10-16-17(13)8-9-19-3/h10-11H,4-9H2,1-3H3. The molecule has 0 spiro atoms. The lowest BCUT2D eigenvalue weighted by Crippen LogP contribution is -2.21. The summed E-state index contributed by atoms with van der Waals surface area (Å²) in [7, 11) is 1.63. The molecule has 0 aromatic carbocycles. The van der Waals surface area contributed by atoms with Crippen molar-refractivity contribution < 1.29 is 9.53 Å². The highest BCUT2D eigenvalue weighted by molar-refractivity contribution is 6.33. The summed E-state index contributed by atoms with van der Waals surface area (Å²) in [5, 5.41) is 4.60. The average molecular weight is 287 g/mol. The molecule has 1 rings (SSSR count). The van der Waals surface area contributed by atoms with Crippen LogP contribution in [0.1, 0.15) is 50.0 Å². The molecule has 0 aliphatic carbocycles. The van der Waals surface area contributed by atoms with Crippen LogP contribution in [-0.4, -0.2) is 29.3 Å². The number of ketones is 1. The van der Waals surface area contributed by atoms with Gasteiger partial charge < -0.3 is 4.74 Å². The molecule has 1 aromatic heterocycles. The second kappa shape index (κ2) is 8.33. The van der Waals surface area contributed by atoms with Crippen LogP contribution in [-0.2, 0) is 11.3 Å². The van der Waals surface area contributed by atoms with E-state index in [0.717, 1.165) is 25.7 Å². The Labute approximate surface area is 120 Å². The lowest BCUT2D eigenvalue weighted by atomic mass is 9.92. The molecule has 0 N–H and O–H groups in total. The molecular formula is C14H23ClN2O2. The zero-order valence-corrected chi connectivity index (χ0v) is 12.7. The summed E-state index contributed by atoms with van der Waals surface area (Å²) < 4.78 is 6.69. The van der Waals surface area contributed by atoms with Gasteiger partial charge in [-0.15, -0.1) is 0 Å². The van der Waals surface area contributed by atoms with E-state index in [1.54, 1.807) is 18.0 Å². The van der Waals surface area contributed by atoms with Gasteiger partial charge in [0, 0.05) is 13.0 Å². The molecule has 0 bridgehead atoms. The lowest BCUT2D eigenvalue weighted by Gasteiger charge is -2.15. The minimum absolute atomic E-state index is 0.0468. The summed E-state index contributed by atoms with van der Waals surface area (Å²) in [5.74, 6) is 0.160. The fourth-order valence-corrected chi connectivity index (χ4v) is 2.49. The fraction of sp³-hybridized carbons (Fsp3) is 0.714. The smallest absolute Gasteiger partial charge is 0.185 e. The van der Waals surface area contributed by atoms with Gasteiger partial charge in [-0.3, -0.25) is 9.48 Å². The topological polar surface area (TPSA) is 44.1 Å². The predicted molar refractivity (Wildman–Crippen MR) is 76.7 cm³/mol. The molecule has 1 heterocycles. The van der Waals surface area contributed by atoms with Gasteiger partial charge in [0.1, 0.15) is 5.69 Å². The van der Waals surface area contributed by atoms with Gasteiger partial charge in [0.05, 0.1) is 24.4 Å². The summed E-state index contributed by atoms with van der Waals surface area (Å²) in [6, 6.07) is 0. The SMILES string of the molecule is CCCC(CCC)C(=O)c1c(Cl)cnn1CCOC. The predicted octanol–water partition coefficient (Wildman–Crippen LogP) is 3.58. The second-order valence-electron chi connectivity index (χ2n) is 4.70. The Morgan fingerprint density at radius 1 is 1.42 bits per heavy atom. The third kappa shape index (κ3) is 4.32. The Kier molecular flexibility index (Phi) is 7.10. The first-order valence-corrected chi connectivity index (χ1v) is 7.27. The van der Waals surface area contributed by atoms with Gasteiger partial charge in [-0.25, -0.2) is 0 Å². The monoisotopic (exact) mass is 286 g/mol. The molecule has 0 saturated carbocycles. The number of carbonyl (C=O) groups excluding carboxylic acids is 1. The van der Waals surface area contributed by atoms with E-state index in [9.17, 15) is 4.79 Å². The van der Waals surface area contributed by atoms with Crippen LogP contribution in [0.3, 0.4) is 0 Å². The normalized spacial score (nSPS) is 11.2. The van der Waals surface area contributed by atoms with Crippen molar-refractivity contribution in [2.75, 3.05) is 13.7 Å². The quantitative estimate of drug-likeness (QED) is 0.652. The van der Waals surface area contributed by atoms with Crippen molar-refractivity contribution >= 4 is 17.4 Å². The summed E-state index contributed by atoms with van der Waals surface area (Å²) in [6.45, 7) is 5.26. The number of hydrogen-bond acceptors (Lipinski definition) is 3. The molecule has 0 radical (unpaired) electrons. The van der Waals surface area contributed by atoms with Crippen LogP contribution in [0, 0.1) is 5.92 Å². The number of rotatable bonds is 9. The number of aromatic nitrogens is 2. The van der Waals surface area contributed by atoms with Crippen LogP contribution >= 0.6 is 11.6 Å². The van der Waals surface area contributed by atoms with Crippen molar-refractivity contribution in [2.24, 2.45) is 5.92 Å². The second-order valence-corrected chi connectivity index (χ2v) is 5.10. The first-order valence-electron chi connectivity index (χ1n) is 6.90. The largest absolute Gasteiger partial charge is 0.383 e. The number of nitrogens with zero attached hydrogens (tertiary/aromatic N) is 2. The molecule has 0 fully saturated rings. The Morgan fingerprint density at radius 3 is 2.58 bits per heavy atom. The van der Waals surface area contributed by atoms with Crippen LogP contribution in [0.5, 0.6) is 0 Å². The Hall–Kier alpha value is -0.870. The molecule has 0 amide bonds. The van der Waals surface area contributed by atoms with Gasteiger partial charge in [-0.05, 0) is 12.8 Å². The number of hydrogen-bond donors (Lipinski definition) is 0. The minimum atomic E-state index is 0.0468. The number of methoxy groups -OCH3 is 1. The van der Waals surface area contributed by atoms with Crippen molar-refractivity contribution in [1.29, 1.82) is 0 Å². The van der Waals surface area contributed by atoms with E-state index in [-0.39, 0.29) is 11.7 Å². The summed E-state index contributed by atoms with van der Waals surface area (Å²) in [5.41, 5.74) is 0.533. The number of ether oxygens (including phenoxy) is 1. The molecule has 0 unspecified atom stereocenters. The van der Waals surface area contributed by atoms with E-state index in [1.807, 2.05) is 0 Å². The summed E-state index contributed by atoms with van der Waals surface area (Å²) >= 11 is 6.12. The van der Waals surface area contributed by atoms with Gasteiger partial charge in [-0.2, -0.15) is 5.10 Å². The Morgan fingerprint density at radius 2 is 2.05 bits per heavy atom. The molecule has 1 aromatic rings. The number of Topliss-reactive ketones (excluding diaryl/α,β-unsaturated/α-hetero) is 1. The van der Waals surface area contributed by atoms with Gasteiger partial charge in [0.25, 0.3) is 0 Å². The van der Waals surface area contributed by atoms with Gasteiger partial charge in [0.15, 0.2) is 5.78 Å². The van der Waals surface area contributed by atoms with Crippen LogP contribution in [0.4, 0.5) is 0 Å². The zero-order chi connectivity index (χ0) is 14.3. The first-order chi connectivity index (χ1) is 9.15. The molecule has 108 valence electrons. The maximum absolute atomic E-state index is 12.6. The molecule has 0 atom stereocenters. The molecule has 5 heteroatoms. The molecular weight excluding hydrogens is 264 g/mol. The molecule has 0 saturated heterocycles. The van der Waals surface area contributed by atoms with Crippen LogP contribution in [0.25, 0.3) is 0 Å². The third-order valence-corrected chi connectivity index (χ3v) is 3.46.